The van der Waals surface area contributed by atoms with Crippen LogP contribution in [-0.2, 0) is 4.79 Å². The Hall–Kier alpha value is -1.26. The highest BCUT2D eigenvalue weighted by Crippen LogP contribution is 2.26. The number of carbonyl (C=O) groups excluding carboxylic acids is 1. The molecule has 0 spiro atoms. The third kappa shape index (κ3) is 5.21. The summed E-state index contributed by atoms with van der Waals surface area (Å²) >= 11 is 5.90. The van der Waals surface area contributed by atoms with Gasteiger partial charge in [0.15, 0.2) is 0 Å². The molecule has 3 atom stereocenters. The number of nitrogens with one attached hydrogen (secondary N) is 1. The maximum Gasteiger partial charge on any atom is 0.220 e. The minimum Gasteiger partial charge on any atom is -0.489 e. The van der Waals surface area contributed by atoms with Crippen molar-refractivity contribution in [2.45, 2.75) is 44.8 Å². The number of hydrogen-bond acceptors (Lipinski definition) is 3. The summed E-state index contributed by atoms with van der Waals surface area (Å²) in [6.07, 6.45) is 3.64. The molecule has 1 saturated carbocycles. The predicted molar refractivity (Wildman–Crippen MR) is 84.5 cm³/mol. The van der Waals surface area contributed by atoms with Gasteiger partial charge in [0.1, 0.15) is 11.9 Å². The van der Waals surface area contributed by atoms with Crippen molar-refractivity contribution in [3.05, 3.63) is 29.3 Å². The van der Waals surface area contributed by atoms with Crippen LogP contribution in [0, 0.1) is 5.92 Å². The van der Waals surface area contributed by atoms with E-state index in [0.717, 1.165) is 19.3 Å². The van der Waals surface area contributed by atoms with E-state index in [1.165, 1.54) is 0 Å². The molecule has 0 bridgehead atoms. The van der Waals surface area contributed by atoms with Gasteiger partial charge in [0.2, 0.25) is 5.91 Å². The van der Waals surface area contributed by atoms with Crippen molar-refractivity contribution in [1.29, 1.82) is 0 Å². The van der Waals surface area contributed by atoms with Gasteiger partial charge in [-0.25, -0.2) is 0 Å². The van der Waals surface area contributed by atoms with E-state index >= 15 is 0 Å². The van der Waals surface area contributed by atoms with Crippen LogP contribution in [0.2, 0.25) is 5.02 Å². The highest BCUT2D eigenvalue weighted by atomic mass is 35.5. The normalized spacial score (nSPS) is 22.8. The lowest BCUT2D eigenvalue weighted by Gasteiger charge is -2.18. The van der Waals surface area contributed by atoms with E-state index < -0.39 is 0 Å². The van der Waals surface area contributed by atoms with Crippen molar-refractivity contribution in [2.24, 2.45) is 11.7 Å². The van der Waals surface area contributed by atoms with Crippen LogP contribution in [0.25, 0.3) is 0 Å². The van der Waals surface area contributed by atoms with Crippen molar-refractivity contribution in [2.75, 3.05) is 6.54 Å². The average Bonchev–Trinajstić information content (AvgIpc) is 2.82. The number of carbonyl (C=O) groups is 1. The minimum absolute atomic E-state index is 0.0545. The molecule has 4 nitrogen and oxygen atoms in total. The molecule has 0 saturated heterocycles. The zero-order chi connectivity index (χ0) is 15.2. The molecule has 1 unspecified atom stereocenters. The number of benzene rings is 1. The molecule has 0 heterocycles. The van der Waals surface area contributed by atoms with E-state index in [2.05, 4.69) is 5.32 Å². The first kappa shape index (κ1) is 16.1. The van der Waals surface area contributed by atoms with Gasteiger partial charge in [0.05, 0.1) is 6.54 Å². The molecule has 2 rings (SSSR count). The second-order valence-electron chi connectivity index (χ2n) is 5.75. The summed E-state index contributed by atoms with van der Waals surface area (Å²) in [7, 11) is 0. The number of amides is 1. The highest BCUT2D eigenvalue weighted by Gasteiger charge is 2.26. The summed E-state index contributed by atoms with van der Waals surface area (Å²) in [6, 6.07) is 7.42. The van der Waals surface area contributed by atoms with Crippen LogP contribution in [0.4, 0.5) is 0 Å². The first-order valence-corrected chi connectivity index (χ1v) is 7.87. The van der Waals surface area contributed by atoms with Gasteiger partial charge in [0, 0.05) is 17.5 Å². The third-order valence-corrected chi connectivity index (χ3v) is 4.12. The van der Waals surface area contributed by atoms with Gasteiger partial charge < -0.3 is 15.8 Å². The van der Waals surface area contributed by atoms with Crippen molar-refractivity contribution in [3.8, 4) is 5.75 Å². The van der Waals surface area contributed by atoms with Gasteiger partial charge in [-0.15, -0.1) is 0 Å². The van der Waals surface area contributed by atoms with Crippen LogP contribution in [0.5, 0.6) is 5.75 Å². The summed E-state index contributed by atoms with van der Waals surface area (Å²) in [5.41, 5.74) is 5.98. The fraction of sp³-hybridized carbons (Fsp3) is 0.562. The number of ether oxygens (including phenoxy) is 1. The monoisotopic (exact) mass is 310 g/mol. The smallest absolute Gasteiger partial charge is 0.220 e. The average molecular weight is 311 g/mol. The van der Waals surface area contributed by atoms with E-state index in [9.17, 15) is 4.79 Å². The highest BCUT2D eigenvalue weighted by molar-refractivity contribution is 6.30. The second kappa shape index (κ2) is 7.66. The van der Waals surface area contributed by atoms with Crippen LogP contribution in [0.15, 0.2) is 24.3 Å². The molecule has 5 heteroatoms. The molecule has 0 aliphatic heterocycles. The molecule has 1 aliphatic carbocycles. The van der Waals surface area contributed by atoms with E-state index in [0.29, 0.717) is 29.7 Å². The van der Waals surface area contributed by atoms with Crippen LogP contribution in [-0.4, -0.2) is 24.6 Å². The quantitative estimate of drug-likeness (QED) is 0.849. The lowest BCUT2D eigenvalue weighted by Crippen LogP contribution is -2.36. The SMILES string of the molecule is CC(CNC(=O)C[C@@H]1CCC[C@H]1N)Oc1cccc(Cl)c1. The molecule has 1 aromatic rings. The molecular weight excluding hydrogens is 288 g/mol. The number of rotatable bonds is 6. The predicted octanol–water partition coefficient (Wildman–Crippen LogP) is 2.74. The maximum atomic E-state index is 11.9. The fourth-order valence-corrected chi connectivity index (χ4v) is 2.88. The topological polar surface area (TPSA) is 64.4 Å². The van der Waals surface area contributed by atoms with Crippen molar-refractivity contribution in [3.63, 3.8) is 0 Å². The molecule has 1 fully saturated rings. The number of nitrogens with two attached hydrogens (primary N) is 1. The van der Waals surface area contributed by atoms with E-state index in [1.807, 2.05) is 19.1 Å². The Morgan fingerprint density at radius 2 is 2.33 bits per heavy atom. The molecule has 1 amide bonds. The van der Waals surface area contributed by atoms with Crippen LogP contribution in [0.1, 0.15) is 32.6 Å². The Balaban J connectivity index is 1.70. The van der Waals surface area contributed by atoms with Crippen molar-refractivity contribution >= 4 is 17.5 Å². The van der Waals surface area contributed by atoms with Gasteiger partial charge in [-0.1, -0.05) is 24.1 Å². The largest absolute Gasteiger partial charge is 0.489 e. The molecule has 1 aliphatic rings. The molecule has 0 radical (unpaired) electrons. The summed E-state index contributed by atoms with van der Waals surface area (Å²) in [6.45, 7) is 2.40. The Labute approximate surface area is 131 Å². The van der Waals surface area contributed by atoms with Gasteiger partial charge in [0.25, 0.3) is 0 Å². The lowest BCUT2D eigenvalue weighted by molar-refractivity contribution is -0.122. The first-order valence-electron chi connectivity index (χ1n) is 7.49. The Bertz CT molecular complexity index is 481. The van der Waals surface area contributed by atoms with Gasteiger partial charge in [-0.2, -0.15) is 0 Å². The molecular formula is C16H23ClN2O2. The van der Waals surface area contributed by atoms with E-state index in [1.54, 1.807) is 12.1 Å². The van der Waals surface area contributed by atoms with Crippen molar-refractivity contribution in [1.82, 2.24) is 5.32 Å². The zero-order valence-corrected chi connectivity index (χ0v) is 13.1. The van der Waals surface area contributed by atoms with Gasteiger partial charge >= 0.3 is 0 Å². The summed E-state index contributed by atoms with van der Waals surface area (Å²) in [5.74, 6) is 1.09. The Morgan fingerprint density at radius 1 is 1.52 bits per heavy atom. The number of hydrogen-bond donors (Lipinski definition) is 2. The molecule has 21 heavy (non-hydrogen) atoms. The molecule has 116 valence electrons. The Morgan fingerprint density at radius 3 is 3.00 bits per heavy atom. The summed E-state index contributed by atoms with van der Waals surface area (Å²) in [4.78, 5) is 11.9. The first-order chi connectivity index (χ1) is 10.0. The van der Waals surface area contributed by atoms with E-state index in [-0.39, 0.29) is 18.1 Å². The summed E-state index contributed by atoms with van der Waals surface area (Å²) in [5, 5.41) is 3.55. The van der Waals surface area contributed by atoms with Gasteiger partial charge in [-0.05, 0) is 43.9 Å². The van der Waals surface area contributed by atoms with Crippen LogP contribution < -0.4 is 15.8 Å². The molecule has 3 N–H and O–H groups in total. The Kier molecular flexibility index (Phi) is 5.88. The lowest BCUT2D eigenvalue weighted by atomic mass is 10.00. The standard InChI is InChI=1S/C16H23ClN2O2/c1-11(21-14-6-3-5-13(17)9-14)10-19-16(20)8-12-4-2-7-15(12)18/h3,5-6,9,11-12,15H,2,4,7-8,10,18H2,1H3,(H,19,20)/t11?,12-,15+/m0/s1. The van der Waals surface area contributed by atoms with Crippen LogP contribution >= 0.6 is 11.6 Å². The fourth-order valence-electron chi connectivity index (χ4n) is 2.70. The van der Waals surface area contributed by atoms with Gasteiger partial charge in [-0.3, -0.25) is 4.79 Å². The molecule has 1 aromatic carbocycles. The number of halogens is 1. The zero-order valence-electron chi connectivity index (χ0n) is 12.3. The summed E-state index contributed by atoms with van der Waals surface area (Å²) < 4.78 is 5.71. The van der Waals surface area contributed by atoms with Crippen molar-refractivity contribution < 1.29 is 9.53 Å². The third-order valence-electron chi connectivity index (χ3n) is 3.89. The van der Waals surface area contributed by atoms with E-state index in [4.69, 9.17) is 22.1 Å². The second-order valence-corrected chi connectivity index (χ2v) is 6.19. The minimum atomic E-state index is -0.107. The van der Waals surface area contributed by atoms with Crippen LogP contribution in [0.3, 0.4) is 0 Å². The maximum absolute atomic E-state index is 11.9. The molecule has 0 aromatic heterocycles.